The molecule has 0 radical (unpaired) electrons. The van der Waals surface area contributed by atoms with E-state index in [0.717, 1.165) is 6.07 Å². The second-order valence-corrected chi connectivity index (χ2v) is 3.48. The Labute approximate surface area is 96.3 Å². The third-order valence-electron chi connectivity index (χ3n) is 2.16. The summed E-state index contributed by atoms with van der Waals surface area (Å²) in [6.45, 7) is 1.38. The maximum atomic E-state index is 11.7. The second kappa shape index (κ2) is 4.10. The van der Waals surface area contributed by atoms with Crippen molar-refractivity contribution in [3.8, 4) is 6.07 Å². The number of amides is 1. The molecule has 0 saturated heterocycles. The molecule has 1 aromatic heterocycles. The van der Waals surface area contributed by atoms with Gasteiger partial charge in [0.05, 0.1) is 5.39 Å². The third kappa shape index (κ3) is 2.16. The number of hydrogen-bond acceptors (Lipinski definition) is 4. The Hall–Kier alpha value is -2.61. The summed E-state index contributed by atoms with van der Waals surface area (Å²) < 4.78 is 5.18. The van der Waals surface area contributed by atoms with Crippen LogP contribution < -0.4 is 10.7 Å². The van der Waals surface area contributed by atoms with Gasteiger partial charge in [-0.1, -0.05) is 0 Å². The lowest BCUT2D eigenvalue weighted by Crippen LogP contribution is -2.07. The van der Waals surface area contributed by atoms with Crippen LogP contribution in [0.15, 0.2) is 33.5 Å². The lowest BCUT2D eigenvalue weighted by atomic mass is 10.2. The quantitative estimate of drug-likeness (QED) is 0.803. The average Bonchev–Trinajstić information content (AvgIpc) is 2.29. The van der Waals surface area contributed by atoms with E-state index in [4.69, 9.17) is 9.68 Å². The van der Waals surface area contributed by atoms with Crippen molar-refractivity contribution >= 4 is 22.6 Å². The number of fused-ring (bicyclic) bond motifs is 1. The van der Waals surface area contributed by atoms with E-state index in [2.05, 4.69) is 5.32 Å². The van der Waals surface area contributed by atoms with Gasteiger partial charge in [0, 0.05) is 18.7 Å². The van der Waals surface area contributed by atoms with E-state index in [-0.39, 0.29) is 17.1 Å². The van der Waals surface area contributed by atoms with Crippen molar-refractivity contribution in [2.75, 3.05) is 5.32 Å². The fraction of sp³-hybridized carbons (Fsp3) is 0.0833. The van der Waals surface area contributed by atoms with Crippen LogP contribution in [-0.2, 0) is 4.79 Å². The van der Waals surface area contributed by atoms with Gasteiger partial charge in [0.1, 0.15) is 11.7 Å². The molecule has 0 aliphatic carbocycles. The molecule has 1 N–H and O–H groups in total. The first-order chi connectivity index (χ1) is 8.10. The maximum absolute atomic E-state index is 11.7. The summed E-state index contributed by atoms with van der Waals surface area (Å²) in [7, 11) is 0. The number of rotatable bonds is 1. The van der Waals surface area contributed by atoms with E-state index in [1.54, 1.807) is 18.2 Å². The molecule has 17 heavy (non-hydrogen) atoms. The highest BCUT2D eigenvalue weighted by molar-refractivity contribution is 5.91. The number of carbonyl (C=O) groups excluding carboxylic acids is 1. The van der Waals surface area contributed by atoms with Gasteiger partial charge in [-0.15, -0.1) is 0 Å². The number of anilines is 1. The molecule has 0 unspecified atom stereocenters. The van der Waals surface area contributed by atoms with Crippen molar-refractivity contribution in [2.24, 2.45) is 0 Å². The highest BCUT2D eigenvalue weighted by Crippen LogP contribution is 2.17. The molecule has 5 heteroatoms. The van der Waals surface area contributed by atoms with Crippen molar-refractivity contribution in [1.29, 1.82) is 5.26 Å². The first-order valence-corrected chi connectivity index (χ1v) is 4.86. The number of nitrogens with zero attached hydrogens (tertiary/aromatic N) is 1. The molecule has 0 spiro atoms. The van der Waals surface area contributed by atoms with Crippen LogP contribution in [0.5, 0.6) is 0 Å². The Morgan fingerprint density at radius 3 is 2.82 bits per heavy atom. The minimum Gasteiger partial charge on any atom is -0.445 e. The van der Waals surface area contributed by atoms with Crippen LogP contribution in [0.3, 0.4) is 0 Å². The first-order valence-electron chi connectivity index (χ1n) is 4.86. The van der Waals surface area contributed by atoms with Gasteiger partial charge in [-0.05, 0) is 18.2 Å². The molecule has 5 nitrogen and oxygen atoms in total. The van der Waals surface area contributed by atoms with E-state index in [0.29, 0.717) is 16.7 Å². The molecule has 1 heterocycles. The Morgan fingerprint density at radius 2 is 2.18 bits per heavy atom. The van der Waals surface area contributed by atoms with Crippen LogP contribution in [0.1, 0.15) is 12.7 Å². The van der Waals surface area contributed by atoms with Crippen molar-refractivity contribution in [2.45, 2.75) is 6.92 Å². The van der Waals surface area contributed by atoms with Crippen LogP contribution in [0.25, 0.3) is 11.0 Å². The number of nitrogens with one attached hydrogen (secondary N) is 1. The highest BCUT2D eigenvalue weighted by Gasteiger charge is 2.05. The van der Waals surface area contributed by atoms with Gasteiger partial charge < -0.3 is 9.73 Å². The molecule has 0 aliphatic rings. The SMILES string of the molecule is CC(=O)Nc1ccc2oc(C#N)cc(=O)c2c1. The Balaban J connectivity index is 2.63. The zero-order valence-corrected chi connectivity index (χ0v) is 8.98. The molecule has 2 rings (SSSR count). The van der Waals surface area contributed by atoms with E-state index >= 15 is 0 Å². The summed E-state index contributed by atoms with van der Waals surface area (Å²) in [5.41, 5.74) is 0.528. The molecule has 1 amide bonds. The lowest BCUT2D eigenvalue weighted by Gasteiger charge is -2.03. The predicted molar refractivity (Wildman–Crippen MR) is 61.5 cm³/mol. The molecule has 0 saturated carbocycles. The van der Waals surface area contributed by atoms with Crippen molar-refractivity contribution < 1.29 is 9.21 Å². The molecular formula is C12H8N2O3. The Bertz CT molecular complexity index is 695. The van der Waals surface area contributed by atoms with E-state index < -0.39 is 0 Å². The van der Waals surface area contributed by atoms with Gasteiger partial charge in [-0.2, -0.15) is 5.26 Å². The standard InChI is InChI=1S/C12H8N2O3/c1-7(15)14-8-2-3-12-10(4-8)11(16)5-9(6-13)17-12/h2-5H,1H3,(H,14,15). The largest absolute Gasteiger partial charge is 0.445 e. The van der Waals surface area contributed by atoms with Crippen molar-refractivity contribution in [1.82, 2.24) is 0 Å². The second-order valence-electron chi connectivity index (χ2n) is 3.48. The molecule has 2 aromatic rings. The molecule has 84 valence electrons. The van der Waals surface area contributed by atoms with Gasteiger partial charge in [-0.3, -0.25) is 9.59 Å². The predicted octanol–water partition coefficient (Wildman–Crippen LogP) is 1.62. The summed E-state index contributed by atoms with van der Waals surface area (Å²) in [5, 5.41) is 11.6. The van der Waals surface area contributed by atoms with E-state index in [1.807, 2.05) is 0 Å². The molecule has 0 bridgehead atoms. The van der Waals surface area contributed by atoms with Gasteiger partial charge in [0.15, 0.2) is 5.43 Å². The van der Waals surface area contributed by atoms with E-state index in [1.165, 1.54) is 13.0 Å². The molecule has 0 aliphatic heterocycles. The normalized spacial score (nSPS) is 9.88. The van der Waals surface area contributed by atoms with Crippen LogP contribution in [-0.4, -0.2) is 5.91 Å². The molecular weight excluding hydrogens is 220 g/mol. The fourth-order valence-corrected chi connectivity index (χ4v) is 1.49. The lowest BCUT2D eigenvalue weighted by molar-refractivity contribution is -0.114. The fourth-order valence-electron chi connectivity index (χ4n) is 1.49. The van der Waals surface area contributed by atoms with Crippen LogP contribution in [0.4, 0.5) is 5.69 Å². The zero-order chi connectivity index (χ0) is 12.4. The Kier molecular flexibility index (Phi) is 2.63. The van der Waals surface area contributed by atoms with Crippen LogP contribution in [0.2, 0.25) is 0 Å². The van der Waals surface area contributed by atoms with Crippen molar-refractivity contribution in [3.63, 3.8) is 0 Å². The van der Waals surface area contributed by atoms with Gasteiger partial charge in [-0.25, -0.2) is 0 Å². The number of carbonyl (C=O) groups is 1. The number of benzene rings is 1. The zero-order valence-electron chi connectivity index (χ0n) is 8.98. The maximum Gasteiger partial charge on any atom is 0.221 e. The van der Waals surface area contributed by atoms with Crippen LogP contribution in [0, 0.1) is 11.3 Å². The molecule has 0 fully saturated rings. The number of hydrogen-bond donors (Lipinski definition) is 1. The summed E-state index contributed by atoms with van der Waals surface area (Å²) in [5.74, 6) is -0.253. The average molecular weight is 228 g/mol. The highest BCUT2D eigenvalue weighted by atomic mass is 16.3. The Morgan fingerprint density at radius 1 is 1.41 bits per heavy atom. The first kappa shape index (κ1) is 10.9. The summed E-state index contributed by atoms with van der Waals surface area (Å²) in [6.07, 6.45) is 0. The van der Waals surface area contributed by atoms with Crippen molar-refractivity contribution in [3.05, 3.63) is 40.2 Å². The molecule has 0 atom stereocenters. The third-order valence-corrected chi connectivity index (χ3v) is 2.16. The van der Waals surface area contributed by atoms with E-state index in [9.17, 15) is 9.59 Å². The van der Waals surface area contributed by atoms with Gasteiger partial charge in [0.2, 0.25) is 11.7 Å². The monoisotopic (exact) mass is 228 g/mol. The minimum atomic E-state index is -0.310. The smallest absolute Gasteiger partial charge is 0.221 e. The topological polar surface area (TPSA) is 83.1 Å². The number of nitriles is 1. The van der Waals surface area contributed by atoms with Crippen LogP contribution >= 0.6 is 0 Å². The summed E-state index contributed by atoms with van der Waals surface area (Å²) >= 11 is 0. The van der Waals surface area contributed by atoms with Gasteiger partial charge >= 0.3 is 0 Å². The summed E-state index contributed by atoms with van der Waals surface area (Å²) in [6, 6.07) is 7.56. The van der Waals surface area contributed by atoms with Gasteiger partial charge in [0.25, 0.3) is 0 Å². The molecule has 1 aromatic carbocycles. The minimum absolute atomic E-state index is 0.0326. The summed E-state index contributed by atoms with van der Waals surface area (Å²) in [4.78, 5) is 22.6.